The highest BCUT2D eigenvalue weighted by Crippen LogP contribution is 2.25. The van der Waals surface area contributed by atoms with Gasteiger partial charge in [0.1, 0.15) is 11.6 Å². The molecule has 1 fully saturated rings. The molecule has 1 aliphatic heterocycles. The minimum absolute atomic E-state index is 0.00288. The molecular weight excluding hydrogens is 448 g/mol. The number of nitrogens with zero attached hydrogens (tertiary/aromatic N) is 3. The van der Waals surface area contributed by atoms with Gasteiger partial charge in [0.2, 0.25) is 0 Å². The Balaban J connectivity index is 1.50. The van der Waals surface area contributed by atoms with Crippen molar-refractivity contribution in [3.05, 3.63) is 36.3 Å². The van der Waals surface area contributed by atoms with E-state index in [1.165, 1.54) is 17.4 Å². The van der Waals surface area contributed by atoms with E-state index in [-0.39, 0.29) is 18.1 Å². The Bertz CT molecular complexity index is 1070. The van der Waals surface area contributed by atoms with E-state index in [0.717, 1.165) is 0 Å². The molecule has 1 aromatic carbocycles. The molecule has 0 saturated carbocycles. The molecule has 1 aromatic heterocycles. The van der Waals surface area contributed by atoms with E-state index in [0.29, 0.717) is 36.7 Å². The molecule has 10 nitrogen and oxygen atoms in total. The number of aromatic nitrogens is 2. The number of sulfonamides is 1. The van der Waals surface area contributed by atoms with Gasteiger partial charge in [-0.2, -0.15) is 4.31 Å². The summed E-state index contributed by atoms with van der Waals surface area (Å²) in [5.74, 6) is -0.123. The van der Waals surface area contributed by atoms with Crippen molar-refractivity contribution in [3.8, 4) is 5.75 Å². The van der Waals surface area contributed by atoms with Crippen LogP contribution in [0.15, 0.2) is 35.5 Å². The van der Waals surface area contributed by atoms with Crippen LogP contribution < -0.4 is 10.1 Å². The molecule has 0 aliphatic carbocycles. The lowest BCUT2D eigenvalue weighted by molar-refractivity contribution is -0.158. The molecule has 1 saturated heterocycles. The van der Waals surface area contributed by atoms with Crippen molar-refractivity contribution in [1.82, 2.24) is 13.9 Å². The number of ether oxygens (including phenoxy) is 2. The lowest BCUT2D eigenvalue weighted by Crippen LogP contribution is -2.41. The summed E-state index contributed by atoms with van der Waals surface area (Å²) in [6, 6.07) is 6.89. The Morgan fingerprint density at radius 1 is 1.21 bits per heavy atom. The summed E-state index contributed by atoms with van der Waals surface area (Å²) >= 11 is 0. The van der Waals surface area contributed by atoms with Crippen LogP contribution in [0, 0.1) is 12.8 Å². The van der Waals surface area contributed by atoms with E-state index in [4.69, 9.17) is 9.47 Å². The molecule has 1 amide bonds. The fourth-order valence-corrected chi connectivity index (χ4v) is 4.98. The molecule has 0 bridgehead atoms. The van der Waals surface area contributed by atoms with Crippen molar-refractivity contribution in [3.63, 3.8) is 0 Å². The zero-order valence-corrected chi connectivity index (χ0v) is 20.1. The minimum atomic E-state index is -3.71. The predicted molar refractivity (Wildman–Crippen MR) is 121 cm³/mol. The van der Waals surface area contributed by atoms with Crippen LogP contribution in [-0.4, -0.2) is 60.0 Å². The van der Waals surface area contributed by atoms with E-state index in [1.54, 1.807) is 42.8 Å². The maximum atomic E-state index is 12.8. The average molecular weight is 479 g/mol. The second-order valence-electron chi connectivity index (χ2n) is 7.94. The van der Waals surface area contributed by atoms with E-state index in [1.807, 2.05) is 6.92 Å². The molecule has 1 unspecified atom stereocenters. The molecule has 2 heterocycles. The number of hydrogen-bond donors (Lipinski definition) is 1. The van der Waals surface area contributed by atoms with Gasteiger partial charge in [-0.05, 0) is 57.9 Å². The summed E-state index contributed by atoms with van der Waals surface area (Å²) in [7, 11) is -1.98. The summed E-state index contributed by atoms with van der Waals surface area (Å²) < 4.78 is 39.3. The summed E-state index contributed by atoms with van der Waals surface area (Å²) in [6.45, 7) is 6.04. The van der Waals surface area contributed by atoms with Gasteiger partial charge in [0.15, 0.2) is 11.1 Å². The number of carbonyl (C=O) groups excluding carboxylic acids is 2. The maximum Gasteiger partial charge on any atom is 0.309 e. The SMILES string of the molecule is CCOc1ccc(NC(=O)C(C)OC(=O)C2CCN(S(=O)(=O)c3cn(C)c(C)n3)CC2)cc1. The fourth-order valence-electron chi connectivity index (χ4n) is 3.48. The Kier molecular flexibility index (Phi) is 7.75. The number of rotatable bonds is 8. The molecule has 33 heavy (non-hydrogen) atoms. The van der Waals surface area contributed by atoms with Crippen LogP contribution in [0.1, 0.15) is 32.5 Å². The second-order valence-corrected chi connectivity index (χ2v) is 9.83. The highest BCUT2D eigenvalue weighted by atomic mass is 32.2. The molecule has 3 rings (SSSR count). The lowest BCUT2D eigenvalue weighted by Gasteiger charge is -2.30. The van der Waals surface area contributed by atoms with E-state index < -0.39 is 33.9 Å². The van der Waals surface area contributed by atoms with Crippen LogP contribution in [0.2, 0.25) is 0 Å². The molecular formula is C22H30N4O6S. The second kappa shape index (κ2) is 10.3. The normalized spacial score (nSPS) is 16.2. The number of amides is 1. The Hall–Kier alpha value is -2.92. The molecule has 0 radical (unpaired) electrons. The van der Waals surface area contributed by atoms with Crippen LogP contribution in [0.25, 0.3) is 0 Å². The first-order valence-electron chi connectivity index (χ1n) is 10.9. The van der Waals surface area contributed by atoms with Crippen LogP contribution in [0.3, 0.4) is 0 Å². The van der Waals surface area contributed by atoms with Crippen LogP contribution in [-0.2, 0) is 31.4 Å². The van der Waals surface area contributed by atoms with Gasteiger partial charge in [-0.1, -0.05) is 0 Å². The number of carbonyl (C=O) groups is 2. The Morgan fingerprint density at radius 3 is 2.39 bits per heavy atom. The molecule has 0 spiro atoms. The third kappa shape index (κ3) is 5.91. The Morgan fingerprint density at radius 2 is 1.85 bits per heavy atom. The van der Waals surface area contributed by atoms with Gasteiger partial charge >= 0.3 is 5.97 Å². The first-order valence-corrected chi connectivity index (χ1v) is 12.3. The van der Waals surface area contributed by atoms with Crippen LogP contribution in [0.4, 0.5) is 5.69 Å². The molecule has 11 heteroatoms. The highest BCUT2D eigenvalue weighted by Gasteiger charge is 2.35. The third-order valence-corrected chi connectivity index (χ3v) is 7.34. The van der Waals surface area contributed by atoms with E-state index >= 15 is 0 Å². The number of aryl methyl sites for hydroxylation is 2. The number of hydrogen-bond acceptors (Lipinski definition) is 7. The van der Waals surface area contributed by atoms with Crippen molar-refractivity contribution in [2.24, 2.45) is 13.0 Å². The lowest BCUT2D eigenvalue weighted by atomic mass is 9.98. The smallest absolute Gasteiger partial charge is 0.309 e. The molecule has 180 valence electrons. The number of imidazole rings is 1. The summed E-state index contributed by atoms with van der Waals surface area (Å²) in [5.41, 5.74) is 0.564. The number of esters is 1. The quantitative estimate of drug-likeness (QED) is 0.577. The van der Waals surface area contributed by atoms with E-state index in [9.17, 15) is 18.0 Å². The van der Waals surface area contributed by atoms with Gasteiger partial charge in [-0.3, -0.25) is 9.59 Å². The molecule has 1 N–H and O–H groups in total. The minimum Gasteiger partial charge on any atom is -0.494 e. The Labute approximate surface area is 193 Å². The van der Waals surface area contributed by atoms with Gasteiger partial charge in [-0.15, -0.1) is 0 Å². The topological polar surface area (TPSA) is 120 Å². The number of benzene rings is 1. The first kappa shape index (κ1) is 24.7. The fraction of sp³-hybridized carbons (Fsp3) is 0.500. The summed E-state index contributed by atoms with van der Waals surface area (Å²) in [6.07, 6.45) is 1.13. The van der Waals surface area contributed by atoms with Crippen molar-refractivity contribution >= 4 is 27.6 Å². The third-order valence-electron chi connectivity index (χ3n) is 5.57. The van der Waals surface area contributed by atoms with Crippen molar-refractivity contribution < 1.29 is 27.5 Å². The number of nitrogens with one attached hydrogen (secondary N) is 1. The summed E-state index contributed by atoms with van der Waals surface area (Å²) in [5, 5.41) is 2.71. The average Bonchev–Trinajstić information content (AvgIpc) is 3.14. The predicted octanol–water partition coefficient (Wildman–Crippen LogP) is 2.10. The molecule has 1 atom stereocenters. The maximum absolute atomic E-state index is 12.8. The van der Waals surface area contributed by atoms with Crippen LogP contribution in [0.5, 0.6) is 5.75 Å². The number of anilines is 1. The number of piperidine rings is 1. The first-order chi connectivity index (χ1) is 15.6. The van der Waals surface area contributed by atoms with Gasteiger partial charge in [0, 0.05) is 32.0 Å². The van der Waals surface area contributed by atoms with Crippen LogP contribution >= 0.6 is 0 Å². The van der Waals surface area contributed by atoms with Gasteiger partial charge in [0.05, 0.1) is 12.5 Å². The zero-order valence-electron chi connectivity index (χ0n) is 19.3. The largest absolute Gasteiger partial charge is 0.494 e. The zero-order chi connectivity index (χ0) is 24.2. The van der Waals surface area contributed by atoms with Gasteiger partial charge in [-0.25, -0.2) is 13.4 Å². The monoisotopic (exact) mass is 478 g/mol. The van der Waals surface area contributed by atoms with Crippen molar-refractivity contribution in [1.29, 1.82) is 0 Å². The van der Waals surface area contributed by atoms with Gasteiger partial charge in [0.25, 0.3) is 15.9 Å². The summed E-state index contributed by atoms with van der Waals surface area (Å²) in [4.78, 5) is 29.1. The van der Waals surface area contributed by atoms with E-state index in [2.05, 4.69) is 10.3 Å². The standard InChI is InChI=1S/C22H30N4O6S/c1-5-31-19-8-6-18(7-9-19)24-21(27)15(2)32-22(28)17-10-12-26(13-11-17)33(29,30)20-14-25(4)16(3)23-20/h6-9,14-15,17H,5,10-13H2,1-4H3,(H,24,27). The molecule has 1 aliphatic rings. The van der Waals surface area contributed by atoms with Crippen molar-refractivity contribution in [2.75, 3.05) is 25.0 Å². The molecule has 2 aromatic rings. The van der Waals surface area contributed by atoms with Crippen molar-refractivity contribution in [2.45, 2.75) is 44.7 Å². The van der Waals surface area contributed by atoms with Gasteiger partial charge < -0.3 is 19.4 Å². The highest BCUT2D eigenvalue weighted by molar-refractivity contribution is 7.89.